The van der Waals surface area contributed by atoms with E-state index in [1.807, 2.05) is 6.20 Å². The first kappa shape index (κ1) is 17.4. The van der Waals surface area contributed by atoms with Crippen LogP contribution in [-0.4, -0.2) is 38.3 Å². The van der Waals surface area contributed by atoms with Gasteiger partial charge in [0.2, 0.25) is 0 Å². The highest BCUT2D eigenvalue weighted by Gasteiger charge is 2.12. The summed E-state index contributed by atoms with van der Waals surface area (Å²) in [7, 11) is 1.73. The maximum atomic E-state index is 5.18. The van der Waals surface area contributed by atoms with E-state index in [0.29, 0.717) is 12.5 Å². The number of anilines is 1. The number of hydrogen-bond acceptors (Lipinski definition) is 4. The lowest BCUT2D eigenvalue weighted by molar-refractivity contribution is 0.205. The number of nitrogens with one attached hydrogen (secondary N) is 1. The molecule has 0 aliphatic carbocycles. The van der Waals surface area contributed by atoms with Crippen LogP contribution in [0.15, 0.2) is 16.7 Å². The SMILES string of the molecule is CCN(CCOC)c1ncc(Br)cc1CNCC(C)C. The molecular formula is C15H26BrN3O. The van der Waals surface area contributed by atoms with Gasteiger partial charge in [0.25, 0.3) is 0 Å². The second kappa shape index (κ2) is 9.32. The fourth-order valence-electron chi connectivity index (χ4n) is 2.00. The van der Waals surface area contributed by atoms with Crippen molar-refractivity contribution in [2.24, 2.45) is 5.92 Å². The molecule has 0 amide bonds. The van der Waals surface area contributed by atoms with E-state index in [2.05, 4.69) is 58.0 Å². The molecule has 1 aromatic heterocycles. The first-order chi connectivity index (χ1) is 9.58. The van der Waals surface area contributed by atoms with E-state index in [-0.39, 0.29) is 0 Å². The Morgan fingerprint density at radius 1 is 1.45 bits per heavy atom. The van der Waals surface area contributed by atoms with Crippen LogP contribution in [0.5, 0.6) is 0 Å². The summed E-state index contributed by atoms with van der Waals surface area (Å²) in [6.07, 6.45) is 1.86. The highest BCUT2D eigenvalue weighted by Crippen LogP contribution is 2.21. The number of rotatable bonds is 9. The van der Waals surface area contributed by atoms with Gasteiger partial charge in [0, 0.05) is 43.0 Å². The van der Waals surface area contributed by atoms with Crippen molar-refractivity contribution in [3.63, 3.8) is 0 Å². The van der Waals surface area contributed by atoms with Crippen LogP contribution in [0.25, 0.3) is 0 Å². The molecule has 20 heavy (non-hydrogen) atoms. The molecule has 0 unspecified atom stereocenters. The van der Waals surface area contributed by atoms with E-state index < -0.39 is 0 Å². The predicted molar refractivity (Wildman–Crippen MR) is 88.2 cm³/mol. The number of halogens is 1. The molecule has 0 aliphatic rings. The zero-order chi connectivity index (χ0) is 15.0. The zero-order valence-electron chi connectivity index (χ0n) is 12.9. The molecule has 0 saturated carbocycles. The van der Waals surface area contributed by atoms with E-state index in [1.165, 1.54) is 5.56 Å². The molecule has 0 fully saturated rings. The third-order valence-corrected chi connectivity index (χ3v) is 3.46. The number of methoxy groups -OCH3 is 1. The molecule has 0 spiro atoms. The van der Waals surface area contributed by atoms with Gasteiger partial charge >= 0.3 is 0 Å². The number of ether oxygens (including phenoxy) is 1. The molecule has 0 radical (unpaired) electrons. The molecule has 1 heterocycles. The molecule has 0 atom stereocenters. The molecule has 4 nitrogen and oxygen atoms in total. The van der Waals surface area contributed by atoms with Crippen molar-refractivity contribution in [2.75, 3.05) is 38.3 Å². The monoisotopic (exact) mass is 343 g/mol. The summed E-state index contributed by atoms with van der Waals surface area (Å²) >= 11 is 3.51. The van der Waals surface area contributed by atoms with Crippen molar-refractivity contribution in [2.45, 2.75) is 27.3 Å². The van der Waals surface area contributed by atoms with Gasteiger partial charge in [0.05, 0.1) is 6.61 Å². The van der Waals surface area contributed by atoms with Crippen molar-refractivity contribution < 1.29 is 4.74 Å². The number of likely N-dealkylation sites (N-methyl/N-ethyl adjacent to an activating group) is 1. The highest BCUT2D eigenvalue weighted by molar-refractivity contribution is 9.10. The molecule has 1 aromatic rings. The standard InChI is InChI=1S/C15H26BrN3O/c1-5-19(6-7-20-4)15-13(8-14(16)11-18-15)10-17-9-12(2)3/h8,11-12,17H,5-7,9-10H2,1-4H3. The molecular weight excluding hydrogens is 318 g/mol. The fraction of sp³-hybridized carbons (Fsp3) is 0.667. The quantitative estimate of drug-likeness (QED) is 0.747. The lowest BCUT2D eigenvalue weighted by Gasteiger charge is -2.24. The van der Waals surface area contributed by atoms with Gasteiger partial charge in [0.15, 0.2) is 0 Å². The number of aromatic nitrogens is 1. The van der Waals surface area contributed by atoms with Crippen LogP contribution in [0.3, 0.4) is 0 Å². The molecule has 5 heteroatoms. The largest absolute Gasteiger partial charge is 0.383 e. The van der Waals surface area contributed by atoms with Crippen LogP contribution >= 0.6 is 15.9 Å². The lowest BCUT2D eigenvalue weighted by atomic mass is 10.2. The number of hydrogen-bond donors (Lipinski definition) is 1. The van der Waals surface area contributed by atoms with Crippen LogP contribution in [0, 0.1) is 5.92 Å². The van der Waals surface area contributed by atoms with E-state index in [9.17, 15) is 0 Å². The van der Waals surface area contributed by atoms with Gasteiger partial charge in [-0.3, -0.25) is 0 Å². The van der Waals surface area contributed by atoms with Gasteiger partial charge in [-0.1, -0.05) is 13.8 Å². The average molecular weight is 344 g/mol. The Balaban J connectivity index is 2.81. The first-order valence-corrected chi connectivity index (χ1v) is 7.96. The van der Waals surface area contributed by atoms with Gasteiger partial charge in [-0.15, -0.1) is 0 Å². The third kappa shape index (κ3) is 5.77. The van der Waals surface area contributed by atoms with E-state index in [4.69, 9.17) is 4.74 Å². The lowest BCUT2D eigenvalue weighted by Crippen LogP contribution is -2.30. The number of pyridine rings is 1. The second-order valence-corrected chi connectivity index (χ2v) is 6.15. The summed E-state index contributed by atoms with van der Waals surface area (Å²) < 4.78 is 6.20. The summed E-state index contributed by atoms with van der Waals surface area (Å²) in [6.45, 7) is 10.9. The smallest absolute Gasteiger partial charge is 0.133 e. The van der Waals surface area contributed by atoms with Gasteiger partial charge in [0.1, 0.15) is 5.82 Å². The summed E-state index contributed by atoms with van der Waals surface area (Å²) in [6, 6.07) is 2.14. The van der Waals surface area contributed by atoms with Crippen molar-refractivity contribution in [1.29, 1.82) is 0 Å². The Morgan fingerprint density at radius 2 is 2.20 bits per heavy atom. The second-order valence-electron chi connectivity index (χ2n) is 5.23. The summed E-state index contributed by atoms with van der Waals surface area (Å²) in [5.74, 6) is 1.69. The molecule has 0 aliphatic heterocycles. The van der Waals surface area contributed by atoms with Crippen molar-refractivity contribution in [3.8, 4) is 0 Å². The molecule has 1 rings (SSSR count). The van der Waals surface area contributed by atoms with E-state index in [0.717, 1.165) is 36.5 Å². The highest BCUT2D eigenvalue weighted by atomic mass is 79.9. The summed E-state index contributed by atoms with van der Waals surface area (Å²) in [5.41, 5.74) is 1.22. The maximum Gasteiger partial charge on any atom is 0.133 e. The summed E-state index contributed by atoms with van der Waals surface area (Å²) in [5, 5.41) is 3.49. The van der Waals surface area contributed by atoms with Crippen molar-refractivity contribution in [3.05, 3.63) is 22.3 Å². The molecule has 0 aromatic carbocycles. The first-order valence-electron chi connectivity index (χ1n) is 7.17. The minimum absolute atomic E-state index is 0.648. The Labute approximate surface area is 131 Å². The van der Waals surface area contributed by atoms with Crippen molar-refractivity contribution >= 4 is 21.7 Å². The van der Waals surface area contributed by atoms with Crippen LogP contribution in [0.2, 0.25) is 0 Å². The molecule has 1 N–H and O–H groups in total. The Bertz CT molecular complexity index is 399. The number of nitrogens with zero attached hydrogens (tertiary/aromatic N) is 2. The van der Waals surface area contributed by atoms with Gasteiger partial charge in [-0.25, -0.2) is 4.98 Å². The summed E-state index contributed by atoms with van der Waals surface area (Å²) in [4.78, 5) is 6.84. The van der Waals surface area contributed by atoms with Gasteiger partial charge in [-0.2, -0.15) is 0 Å². The normalized spacial score (nSPS) is 11.1. The third-order valence-electron chi connectivity index (χ3n) is 3.02. The van der Waals surface area contributed by atoms with Crippen LogP contribution in [-0.2, 0) is 11.3 Å². The molecule has 0 bridgehead atoms. The average Bonchev–Trinajstić information content (AvgIpc) is 2.41. The molecule has 114 valence electrons. The van der Waals surface area contributed by atoms with Crippen molar-refractivity contribution in [1.82, 2.24) is 10.3 Å². The Hall–Kier alpha value is -0.650. The van der Waals surface area contributed by atoms with Gasteiger partial charge in [-0.05, 0) is 41.4 Å². The molecule has 0 saturated heterocycles. The predicted octanol–water partition coefficient (Wildman–Crippen LogP) is 3.06. The van der Waals surface area contributed by atoms with Crippen LogP contribution < -0.4 is 10.2 Å². The maximum absolute atomic E-state index is 5.18. The van der Waals surface area contributed by atoms with Crippen LogP contribution in [0.1, 0.15) is 26.3 Å². The van der Waals surface area contributed by atoms with Crippen LogP contribution in [0.4, 0.5) is 5.82 Å². The van der Waals surface area contributed by atoms with Gasteiger partial charge < -0.3 is 15.0 Å². The Kier molecular flexibility index (Phi) is 8.11. The zero-order valence-corrected chi connectivity index (χ0v) is 14.5. The fourth-order valence-corrected chi connectivity index (χ4v) is 2.38. The topological polar surface area (TPSA) is 37.4 Å². The minimum Gasteiger partial charge on any atom is -0.383 e. The minimum atomic E-state index is 0.648. The van der Waals surface area contributed by atoms with E-state index in [1.54, 1.807) is 7.11 Å². The Morgan fingerprint density at radius 3 is 2.80 bits per heavy atom. The van der Waals surface area contributed by atoms with E-state index >= 15 is 0 Å².